The van der Waals surface area contributed by atoms with E-state index in [4.69, 9.17) is 5.73 Å². The molecule has 0 spiro atoms. The number of fused-ring (bicyclic) bond motifs is 1. The van der Waals surface area contributed by atoms with Crippen LogP contribution < -0.4 is 5.73 Å². The van der Waals surface area contributed by atoms with Gasteiger partial charge in [0.25, 0.3) is 0 Å². The van der Waals surface area contributed by atoms with E-state index in [1.807, 2.05) is 25.1 Å². The molecule has 2 rings (SSSR count). The van der Waals surface area contributed by atoms with E-state index >= 15 is 0 Å². The fraction of sp³-hybridized carbons (Fsp3) is 0.400. The molecule has 12 heavy (non-hydrogen) atoms. The molecule has 0 saturated carbocycles. The number of aliphatic hydroxyl groups excluding tert-OH is 1. The Balaban J connectivity index is 2.48. The molecule has 0 aromatic heterocycles. The maximum atomic E-state index is 9.57. The first-order valence-electron chi connectivity index (χ1n) is 4.25. The molecule has 0 heterocycles. The zero-order chi connectivity index (χ0) is 8.72. The largest absolute Gasteiger partial charge is 0.399 e. The highest BCUT2D eigenvalue weighted by molar-refractivity contribution is 5.48. The molecule has 0 amide bonds. The third-order valence-electron chi connectivity index (χ3n) is 2.67. The number of benzene rings is 1. The van der Waals surface area contributed by atoms with Crippen molar-refractivity contribution in [2.45, 2.75) is 25.4 Å². The number of nitrogen functional groups attached to an aromatic ring is 1. The number of hydrogen-bond acceptors (Lipinski definition) is 2. The monoisotopic (exact) mass is 163 g/mol. The minimum atomic E-state index is -0.221. The van der Waals surface area contributed by atoms with Gasteiger partial charge in [0.1, 0.15) is 0 Å². The first-order chi connectivity index (χ1) is 5.68. The van der Waals surface area contributed by atoms with Crippen LogP contribution in [0, 0.1) is 0 Å². The summed E-state index contributed by atoms with van der Waals surface area (Å²) < 4.78 is 0. The lowest BCUT2D eigenvalue weighted by molar-refractivity contribution is 0.163. The first-order valence-corrected chi connectivity index (χ1v) is 4.25. The Kier molecular flexibility index (Phi) is 1.58. The molecular weight excluding hydrogens is 150 g/mol. The Labute approximate surface area is 72.0 Å². The van der Waals surface area contributed by atoms with Gasteiger partial charge >= 0.3 is 0 Å². The van der Waals surface area contributed by atoms with Crippen LogP contribution in [0.3, 0.4) is 0 Å². The molecule has 0 radical (unpaired) electrons. The van der Waals surface area contributed by atoms with Crippen LogP contribution in [0.4, 0.5) is 5.69 Å². The van der Waals surface area contributed by atoms with Gasteiger partial charge in [-0.3, -0.25) is 0 Å². The molecule has 0 saturated heterocycles. The maximum absolute atomic E-state index is 9.57. The van der Waals surface area contributed by atoms with Crippen molar-refractivity contribution < 1.29 is 5.11 Å². The SMILES string of the molecule is C[C@@H]1c2cc(N)ccc2CC1O. The molecule has 2 atom stereocenters. The van der Waals surface area contributed by atoms with E-state index in [0.717, 1.165) is 12.1 Å². The third kappa shape index (κ3) is 0.994. The summed E-state index contributed by atoms with van der Waals surface area (Å²) in [6.45, 7) is 2.04. The smallest absolute Gasteiger partial charge is 0.0646 e. The summed E-state index contributed by atoms with van der Waals surface area (Å²) in [5, 5.41) is 9.57. The van der Waals surface area contributed by atoms with Gasteiger partial charge in [0.05, 0.1) is 6.10 Å². The van der Waals surface area contributed by atoms with Crippen LogP contribution in [0.15, 0.2) is 18.2 Å². The lowest BCUT2D eigenvalue weighted by Gasteiger charge is -2.08. The standard InChI is InChI=1S/C10H13NO/c1-6-9-5-8(11)3-2-7(9)4-10(6)12/h2-3,5-6,10,12H,4,11H2,1H3/t6-,10?/m1/s1. The summed E-state index contributed by atoms with van der Waals surface area (Å²) in [6, 6.07) is 5.87. The summed E-state index contributed by atoms with van der Waals surface area (Å²) in [4.78, 5) is 0. The Morgan fingerprint density at radius 1 is 1.50 bits per heavy atom. The molecular formula is C10H13NO. The topological polar surface area (TPSA) is 46.2 Å². The van der Waals surface area contributed by atoms with E-state index in [2.05, 4.69) is 0 Å². The van der Waals surface area contributed by atoms with Crippen LogP contribution in [0.2, 0.25) is 0 Å². The van der Waals surface area contributed by atoms with E-state index in [1.165, 1.54) is 11.1 Å². The van der Waals surface area contributed by atoms with Crippen LogP contribution in [-0.2, 0) is 6.42 Å². The molecule has 2 heteroatoms. The molecule has 3 N–H and O–H groups in total. The van der Waals surface area contributed by atoms with E-state index in [-0.39, 0.29) is 12.0 Å². The van der Waals surface area contributed by atoms with Crippen molar-refractivity contribution in [3.05, 3.63) is 29.3 Å². The Hall–Kier alpha value is -1.02. The van der Waals surface area contributed by atoms with Gasteiger partial charge in [-0.25, -0.2) is 0 Å². The van der Waals surface area contributed by atoms with Gasteiger partial charge in [0.15, 0.2) is 0 Å². The minimum absolute atomic E-state index is 0.221. The predicted octanol–water partition coefficient (Wildman–Crippen LogP) is 1.29. The second-order valence-electron chi connectivity index (χ2n) is 3.52. The molecule has 1 aliphatic carbocycles. The van der Waals surface area contributed by atoms with Crippen molar-refractivity contribution >= 4 is 5.69 Å². The number of nitrogens with two attached hydrogens (primary N) is 1. The molecule has 0 fully saturated rings. The third-order valence-corrected chi connectivity index (χ3v) is 2.67. The summed E-state index contributed by atoms with van der Waals surface area (Å²) in [6.07, 6.45) is 0.554. The highest BCUT2D eigenvalue weighted by atomic mass is 16.3. The number of anilines is 1. The fourth-order valence-electron chi connectivity index (χ4n) is 1.83. The average molecular weight is 163 g/mol. The van der Waals surface area contributed by atoms with Gasteiger partial charge in [-0.2, -0.15) is 0 Å². The lowest BCUT2D eigenvalue weighted by atomic mass is 10.0. The van der Waals surface area contributed by atoms with Gasteiger partial charge in [0, 0.05) is 11.6 Å². The van der Waals surface area contributed by atoms with Crippen LogP contribution in [0.25, 0.3) is 0 Å². The normalized spacial score (nSPS) is 27.2. The second kappa shape index (κ2) is 2.49. The number of aliphatic hydroxyl groups is 1. The number of hydrogen-bond donors (Lipinski definition) is 2. The van der Waals surface area contributed by atoms with Gasteiger partial charge in [0.2, 0.25) is 0 Å². The van der Waals surface area contributed by atoms with Crippen molar-refractivity contribution in [1.82, 2.24) is 0 Å². The molecule has 2 nitrogen and oxygen atoms in total. The van der Waals surface area contributed by atoms with Crippen molar-refractivity contribution in [3.8, 4) is 0 Å². The van der Waals surface area contributed by atoms with Gasteiger partial charge in [-0.1, -0.05) is 13.0 Å². The molecule has 0 aliphatic heterocycles. The minimum Gasteiger partial charge on any atom is -0.399 e. The Morgan fingerprint density at radius 3 is 3.00 bits per heavy atom. The summed E-state index contributed by atoms with van der Waals surface area (Å²) in [5.74, 6) is 0.239. The second-order valence-corrected chi connectivity index (χ2v) is 3.52. The van der Waals surface area contributed by atoms with Gasteiger partial charge in [-0.05, 0) is 29.7 Å². The van der Waals surface area contributed by atoms with E-state index in [0.29, 0.717) is 0 Å². The van der Waals surface area contributed by atoms with Crippen molar-refractivity contribution in [2.24, 2.45) is 0 Å². The predicted molar refractivity (Wildman–Crippen MR) is 49.0 cm³/mol. The van der Waals surface area contributed by atoms with Crippen LogP contribution in [0.1, 0.15) is 24.0 Å². The van der Waals surface area contributed by atoms with Crippen LogP contribution in [-0.4, -0.2) is 11.2 Å². The zero-order valence-electron chi connectivity index (χ0n) is 7.12. The fourth-order valence-corrected chi connectivity index (χ4v) is 1.83. The maximum Gasteiger partial charge on any atom is 0.0646 e. The van der Waals surface area contributed by atoms with Crippen LogP contribution >= 0.6 is 0 Å². The van der Waals surface area contributed by atoms with Crippen molar-refractivity contribution in [3.63, 3.8) is 0 Å². The van der Waals surface area contributed by atoms with Gasteiger partial charge < -0.3 is 10.8 Å². The molecule has 64 valence electrons. The average Bonchev–Trinajstić information content (AvgIpc) is 2.31. The molecule has 1 aromatic carbocycles. The molecule has 1 unspecified atom stereocenters. The molecule has 1 aromatic rings. The quantitative estimate of drug-likeness (QED) is 0.566. The van der Waals surface area contributed by atoms with Crippen LogP contribution in [0.5, 0.6) is 0 Å². The van der Waals surface area contributed by atoms with Gasteiger partial charge in [-0.15, -0.1) is 0 Å². The number of rotatable bonds is 0. The van der Waals surface area contributed by atoms with E-state index in [9.17, 15) is 5.11 Å². The van der Waals surface area contributed by atoms with Crippen molar-refractivity contribution in [2.75, 3.05) is 5.73 Å². The Bertz CT molecular complexity index is 309. The summed E-state index contributed by atoms with van der Waals surface area (Å²) in [7, 11) is 0. The Morgan fingerprint density at radius 2 is 2.25 bits per heavy atom. The van der Waals surface area contributed by atoms with E-state index in [1.54, 1.807) is 0 Å². The summed E-state index contributed by atoms with van der Waals surface area (Å²) >= 11 is 0. The highest BCUT2D eigenvalue weighted by Gasteiger charge is 2.26. The summed E-state index contributed by atoms with van der Waals surface area (Å²) in [5.41, 5.74) is 8.89. The van der Waals surface area contributed by atoms with E-state index < -0.39 is 0 Å². The lowest BCUT2D eigenvalue weighted by Crippen LogP contribution is -2.09. The zero-order valence-corrected chi connectivity index (χ0v) is 7.12. The highest BCUT2D eigenvalue weighted by Crippen LogP contribution is 2.33. The van der Waals surface area contributed by atoms with Crippen molar-refractivity contribution in [1.29, 1.82) is 0 Å². The molecule has 0 bridgehead atoms. The first kappa shape index (κ1) is 7.62. The molecule has 1 aliphatic rings.